The Morgan fingerprint density at radius 3 is 2.77 bits per heavy atom. The fourth-order valence-electron chi connectivity index (χ4n) is 3.36. The number of hydrogen-bond acceptors (Lipinski definition) is 3. The van der Waals surface area contributed by atoms with E-state index in [0.29, 0.717) is 18.7 Å². The first kappa shape index (κ1) is 15.8. The van der Waals surface area contributed by atoms with E-state index in [1.165, 1.54) is 32.1 Å². The summed E-state index contributed by atoms with van der Waals surface area (Å²) in [6, 6.07) is 4.47. The van der Waals surface area contributed by atoms with Gasteiger partial charge in [-0.25, -0.2) is 0 Å². The topological polar surface area (TPSA) is 37.6 Å². The second kappa shape index (κ2) is 7.97. The zero-order chi connectivity index (χ0) is 15.2. The van der Waals surface area contributed by atoms with E-state index in [9.17, 15) is 0 Å². The van der Waals surface area contributed by atoms with Gasteiger partial charge in [-0.05, 0) is 50.0 Å². The van der Waals surface area contributed by atoms with Crippen molar-refractivity contribution in [1.29, 1.82) is 0 Å². The number of hydrogen-bond donors (Lipinski definition) is 1. The standard InChI is InChI=1S/C17H26N2O2S/c22-17(18-14-6-2-1-3-7-14)19(12-15-8-4-10-20-15)13-16-9-5-11-21-16/h4,8,10,14,16H,1-3,5-7,9,11-13H2,(H,18,22)/t16-/m1/s1. The van der Waals surface area contributed by atoms with Gasteiger partial charge in [-0.3, -0.25) is 0 Å². The molecule has 1 aromatic rings. The van der Waals surface area contributed by atoms with Crippen molar-refractivity contribution in [1.82, 2.24) is 10.2 Å². The lowest BCUT2D eigenvalue weighted by Crippen LogP contribution is -2.47. The largest absolute Gasteiger partial charge is 0.467 e. The monoisotopic (exact) mass is 322 g/mol. The van der Waals surface area contributed by atoms with Crippen LogP contribution in [-0.4, -0.2) is 35.3 Å². The van der Waals surface area contributed by atoms with Gasteiger partial charge in [0.05, 0.1) is 18.9 Å². The van der Waals surface area contributed by atoms with E-state index in [-0.39, 0.29) is 0 Å². The van der Waals surface area contributed by atoms with Crippen LogP contribution in [0.2, 0.25) is 0 Å². The van der Waals surface area contributed by atoms with Crippen LogP contribution in [0.1, 0.15) is 50.7 Å². The molecule has 1 aliphatic carbocycles. The van der Waals surface area contributed by atoms with Crippen LogP contribution in [0.15, 0.2) is 22.8 Å². The smallest absolute Gasteiger partial charge is 0.169 e. The molecule has 1 N–H and O–H groups in total. The third-order valence-electron chi connectivity index (χ3n) is 4.59. The maximum Gasteiger partial charge on any atom is 0.169 e. The summed E-state index contributed by atoms with van der Waals surface area (Å²) < 4.78 is 11.3. The van der Waals surface area contributed by atoms with Crippen LogP contribution in [0.4, 0.5) is 0 Å². The van der Waals surface area contributed by atoms with Crippen LogP contribution in [-0.2, 0) is 11.3 Å². The zero-order valence-corrected chi connectivity index (χ0v) is 13.9. The fourth-order valence-corrected chi connectivity index (χ4v) is 3.66. The molecule has 22 heavy (non-hydrogen) atoms. The van der Waals surface area contributed by atoms with E-state index in [0.717, 1.165) is 36.9 Å². The van der Waals surface area contributed by atoms with E-state index in [1.807, 2.05) is 12.1 Å². The third-order valence-corrected chi connectivity index (χ3v) is 4.97. The molecule has 2 heterocycles. The second-order valence-corrected chi connectivity index (χ2v) is 6.77. The predicted octanol–water partition coefficient (Wildman–Crippen LogP) is 3.47. The third kappa shape index (κ3) is 4.46. The van der Waals surface area contributed by atoms with E-state index in [1.54, 1.807) is 6.26 Å². The molecule has 1 atom stereocenters. The highest BCUT2D eigenvalue weighted by Crippen LogP contribution is 2.19. The molecule has 2 aliphatic rings. The Balaban J connectivity index is 1.59. The number of thiocarbonyl (C=S) groups is 1. The Bertz CT molecular complexity index is 451. The molecule has 0 spiro atoms. The molecule has 5 heteroatoms. The van der Waals surface area contributed by atoms with Gasteiger partial charge in [0.1, 0.15) is 5.76 Å². The Morgan fingerprint density at radius 1 is 1.23 bits per heavy atom. The molecule has 1 saturated carbocycles. The molecule has 0 unspecified atom stereocenters. The normalized spacial score (nSPS) is 22.6. The summed E-state index contributed by atoms with van der Waals surface area (Å²) in [6.07, 6.45) is 10.7. The van der Waals surface area contributed by atoms with Crippen molar-refractivity contribution in [2.24, 2.45) is 0 Å². The number of nitrogens with one attached hydrogen (secondary N) is 1. The lowest BCUT2D eigenvalue weighted by Gasteiger charge is -2.31. The van der Waals surface area contributed by atoms with Crippen molar-refractivity contribution in [2.45, 2.75) is 63.6 Å². The Labute approximate surface area is 138 Å². The quantitative estimate of drug-likeness (QED) is 0.840. The molecule has 122 valence electrons. The number of furan rings is 1. The first-order valence-electron chi connectivity index (χ1n) is 8.50. The fraction of sp³-hybridized carbons (Fsp3) is 0.706. The first-order valence-corrected chi connectivity index (χ1v) is 8.91. The van der Waals surface area contributed by atoms with Gasteiger partial charge in [0.15, 0.2) is 5.11 Å². The van der Waals surface area contributed by atoms with Crippen molar-refractivity contribution in [3.63, 3.8) is 0 Å². The van der Waals surface area contributed by atoms with E-state index in [2.05, 4.69) is 10.2 Å². The maximum absolute atomic E-state index is 5.78. The van der Waals surface area contributed by atoms with Gasteiger partial charge in [-0.2, -0.15) is 0 Å². The van der Waals surface area contributed by atoms with Crippen LogP contribution in [0.25, 0.3) is 0 Å². The average molecular weight is 322 g/mol. The minimum absolute atomic E-state index is 0.293. The molecule has 0 amide bonds. The highest BCUT2D eigenvalue weighted by molar-refractivity contribution is 7.80. The van der Waals surface area contributed by atoms with Gasteiger partial charge < -0.3 is 19.4 Å². The molecule has 3 rings (SSSR count). The summed E-state index contributed by atoms with van der Waals surface area (Å²) in [5, 5.41) is 4.41. The zero-order valence-electron chi connectivity index (χ0n) is 13.1. The van der Waals surface area contributed by atoms with Gasteiger partial charge in [-0.15, -0.1) is 0 Å². The highest BCUT2D eigenvalue weighted by Gasteiger charge is 2.23. The summed E-state index contributed by atoms with van der Waals surface area (Å²) in [6.45, 7) is 2.44. The van der Waals surface area contributed by atoms with Crippen LogP contribution in [0.3, 0.4) is 0 Å². The molecule has 2 fully saturated rings. The van der Waals surface area contributed by atoms with Gasteiger partial charge in [-0.1, -0.05) is 19.3 Å². The van der Waals surface area contributed by atoms with E-state index < -0.39 is 0 Å². The lowest BCUT2D eigenvalue weighted by molar-refractivity contribution is 0.0881. The molecule has 1 saturated heterocycles. The second-order valence-electron chi connectivity index (χ2n) is 6.38. The molecule has 0 radical (unpaired) electrons. The maximum atomic E-state index is 5.78. The number of nitrogens with zero attached hydrogens (tertiary/aromatic N) is 1. The molecule has 4 nitrogen and oxygen atoms in total. The van der Waals surface area contributed by atoms with Gasteiger partial charge in [0, 0.05) is 19.2 Å². The van der Waals surface area contributed by atoms with Crippen LogP contribution < -0.4 is 5.32 Å². The summed E-state index contributed by atoms with van der Waals surface area (Å²) in [4.78, 5) is 2.21. The Hall–Kier alpha value is -1.07. The van der Waals surface area contributed by atoms with Crippen molar-refractivity contribution in [2.75, 3.05) is 13.2 Å². The van der Waals surface area contributed by atoms with E-state index >= 15 is 0 Å². The number of rotatable bonds is 5. The van der Waals surface area contributed by atoms with E-state index in [4.69, 9.17) is 21.4 Å². The summed E-state index contributed by atoms with van der Waals surface area (Å²) in [7, 11) is 0. The van der Waals surface area contributed by atoms with Crippen LogP contribution in [0.5, 0.6) is 0 Å². The van der Waals surface area contributed by atoms with Crippen molar-refractivity contribution in [3.05, 3.63) is 24.2 Å². The SMILES string of the molecule is S=C(NC1CCCCC1)N(Cc1ccco1)C[C@H]1CCCO1. The molecular weight excluding hydrogens is 296 g/mol. The summed E-state index contributed by atoms with van der Waals surface area (Å²) in [5.74, 6) is 0.950. The van der Waals surface area contributed by atoms with Crippen LogP contribution >= 0.6 is 12.2 Å². The Morgan fingerprint density at radius 2 is 2.09 bits per heavy atom. The molecule has 0 aromatic carbocycles. The predicted molar refractivity (Wildman–Crippen MR) is 90.7 cm³/mol. The van der Waals surface area contributed by atoms with Gasteiger partial charge in [0.2, 0.25) is 0 Å². The van der Waals surface area contributed by atoms with Gasteiger partial charge in [0.25, 0.3) is 0 Å². The summed E-state index contributed by atoms with van der Waals surface area (Å²) >= 11 is 5.68. The highest BCUT2D eigenvalue weighted by atomic mass is 32.1. The van der Waals surface area contributed by atoms with Gasteiger partial charge >= 0.3 is 0 Å². The Kier molecular flexibility index (Phi) is 5.73. The van der Waals surface area contributed by atoms with Crippen molar-refractivity contribution < 1.29 is 9.15 Å². The minimum Gasteiger partial charge on any atom is -0.467 e. The van der Waals surface area contributed by atoms with Crippen molar-refractivity contribution in [3.8, 4) is 0 Å². The minimum atomic E-state index is 0.293. The molecule has 1 aromatic heterocycles. The summed E-state index contributed by atoms with van der Waals surface area (Å²) in [5.41, 5.74) is 0. The molecule has 1 aliphatic heterocycles. The molecular formula is C17H26N2O2S. The number of ether oxygens (including phenoxy) is 1. The lowest BCUT2D eigenvalue weighted by atomic mass is 9.96. The molecule has 0 bridgehead atoms. The average Bonchev–Trinajstić information content (AvgIpc) is 3.21. The van der Waals surface area contributed by atoms with Crippen molar-refractivity contribution >= 4 is 17.3 Å². The van der Waals surface area contributed by atoms with Crippen LogP contribution in [0, 0.1) is 0 Å². The first-order chi connectivity index (χ1) is 10.8.